The molecule has 3 rings (SSSR count). The summed E-state index contributed by atoms with van der Waals surface area (Å²) in [4.78, 5) is 15.5. The van der Waals surface area contributed by atoms with Crippen molar-refractivity contribution in [3.63, 3.8) is 0 Å². The molecule has 2 aromatic carbocycles. The van der Waals surface area contributed by atoms with Crippen molar-refractivity contribution in [3.05, 3.63) is 53.2 Å². The molecule has 1 amide bonds. The van der Waals surface area contributed by atoms with Crippen LogP contribution in [0.3, 0.4) is 0 Å². The predicted molar refractivity (Wildman–Crippen MR) is 110 cm³/mol. The zero-order valence-electron chi connectivity index (χ0n) is 15.6. The molecule has 0 spiro atoms. The molecule has 0 aliphatic heterocycles. The second-order valence-electron chi connectivity index (χ2n) is 5.98. The minimum absolute atomic E-state index is 0.121. The molecule has 1 aromatic heterocycles. The molecule has 1 heterocycles. The van der Waals surface area contributed by atoms with Crippen molar-refractivity contribution < 1.29 is 9.53 Å². The summed E-state index contributed by atoms with van der Waals surface area (Å²) in [5.41, 5.74) is 3.08. The fourth-order valence-electron chi connectivity index (χ4n) is 2.46. The normalized spacial score (nSPS) is 10.3. The summed E-state index contributed by atoms with van der Waals surface area (Å²) in [5, 5.41) is 17.5. The summed E-state index contributed by atoms with van der Waals surface area (Å²) in [6.07, 6.45) is 1.51. The first-order valence-corrected chi connectivity index (χ1v) is 8.78. The van der Waals surface area contributed by atoms with Gasteiger partial charge in [0.15, 0.2) is 5.82 Å². The van der Waals surface area contributed by atoms with Crippen LogP contribution in [-0.4, -0.2) is 28.2 Å². The van der Waals surface area contributed by atoms with Crippen molar-refractivity contribution in [2.24, 2.45) is 0 Å². The van der Waals surface area contributed by atoms with Crippen LogP contribution in [0.2, 0.25) is 5.02 Å². The second-order valence-corrected chi connectivity index (χ2v) is 6.38. The number of hydrogen-bond donors (Lipinski definition) is 3. The highest BCUT2D eigenvalue weighted by atomic mass is 35.5. The van der Waals surface area contributed by atoms with Gasteiger partial charge in [0.2, 0.25) is 11.9 Å². The molecule has 3 aromatic rings. The lowest BCUT2D eigenvalue weighted by atomic mass is 10.2. The number of methoxy groups -OCH3 is 1. The van der Waals surface area contributed by atoms with Crippen LogP contribution >= 0.6 is 11.6 Å². The first-order chi connectivity index (χ1) is 13.4. The highest BCUT2D eigenvalue weighted by Gasteiger charge is 2.10. The molecule has 28 heavy (non-hydrogen) atoms. The molecule has 144 valence electrons. The number of ether oxygens (including phenoxy) is 1. The predicted octanol–water partition coefficient (Wildman–Crippen LogP) is 4.29. The van der Waals surface area contributed by atoms with Crippen LogP contribution in [0.4, 0.5) is 28.8 Å². The zero-order valence-corrected chi connectivity index (χ0v) is 16.3. The lowest BCUT2D eigenvalue weighted by Gasteiger charge is -2.12. The van der Waals surface area contributed by atoms with Crippen molar-refractivity contribution >= 4 is 46.3 Å². The molecular weight excluding hydrogens is 380 g/mol. The number of carbonyl (C=O) groups is 1. The number of rotatable bonds is 6. The van der Waals surface area contributed by atoms with Crippen molar-refractivity contribution in [1.29, 1.82) is 0 Å². The molecule has 0 fully saturated rings. The molecule has 0 saturated carbocycles. The minimum Gasteiger partial charge on any atom is -0.495 e. The summed E-state index contributed by atoms with van der Waals surface area (Å²) in [7, 11) is 1.56. The maximum Gasteiger partial charge on any atom is 0.249 e. The van der Waals surface area contributed by atoms with Gasteiger partial charge in [-0.3, -0.25) is 4.79 Å². The Morgan fingerprint density at radius 2 is 1.82 bits per heavy atom. The summed E-state index contributed by atoms with van der Waals surface area (Å²) in [5.74, 6) is 1.27. The lowest BCUT2D eigenvalue weighted by molar-refractivity contribution is -0.114. The summed E-state index contributed by atoms with van der Waals surface area (Å²) in [6.45, 7) is 3.36. The standard InChI is InChI=1S/C19H19ClN6O2/c1-11-8-16(17(28-3)9-15(11)20)24-19-25-18(10-21-26-19)23-14-6-4-13(5-7-14)22-12(2)27/h4-10H,1-3H3,(H,22,27)(H2,23,24,25,26). The van der Waals surface area contributed by atoms with Crippen molar-refractivity contribution in [1.82, 2.24) is 15.2 Å². The molecule has 8 nitrogen and oxygen atoms in total. The van der Waals surface area contributed by atoms with E-state index in [1.54, 1.807) is 25.3 Å². The van der Waals surface area contributed by atoms with Gasteiger partial charge in [0.25, 0.3) is 0 Å². The SMILES string of the molecule is COc1cc(Cl)c(C)cc1Nc1nncc(Nc2ccc(NC(C)=O)cc2)n1. The summed E-state index contributed by atoms with van der Waals surface area (Å²) < 4.78 is 5.35. The van der Waals surface area contributed by atoms with Gasteiger partial charge in [-0.2, -0.15) is 10.1 Å². The van der Waals surface area contributed by atoms with E-state index in [1.165, 1.54) is 13.1 Å². The van der Waals surface area contributed by atoms with E-state index in [0.717, 1.165) is 11.3 Å². The van der Waals surface area contributed by atoms with Gasteiger partial charge in [0.05, 0.1) is 19.0 Å². The summed E-state index contributed by atoms with van der Waals surface area (Å²) in [6, 6.07) is 10.8. The van der Waals surface area contributed by atoms with Gasteiger partial charge >= 0.3 is 0 Å². The highest BCUT2D eigenvalue weighted by molar-refractivity contribution is 6.31. The lowest BCUT2D eigenvalue weighted by Crippen LogP contribution is -2.06. The van der Waals surface area contributed by atoms with Gasteiger partial charge in [-0.25, -0.2) is 0 Å². The largest absolute Gasteiger partial charge is 0.495 e. The Hall–Kier alpha value is -3.39. The molecule has 0 aliphatic rings. The van der Waals surface area contributed by atoms with Crippen molar-refractivity contribution in [2.45, 2.75) is 13.8 Å². The molecule has 0 atom stereocenters. The third kappa shape index (κ3) is 4.86. The Morgan fingerprint density at radius 1 is 1.11 bits per heavy atom. The smallest absolute Gasteiger partial charge is 0.249 e. The van der Waals surface area contributed by atoms with Crippen molar-refractivity contribution in [3.8, 4) is 5.75 Å². The van der Waals surface area contributed by atoms with E-state index in [-0.39, 0.29) is 5.91 Å². The number of nitrogens with one attached hydrogen (secondary N) is 3. The van der Waals surface area contributed by atoms with Crippen LogP contribution in [0.1, 0.15) is 12.5 Å². The van der Waals surface area contributed by atoms with Gasteiger partial charge in [0, 0.05) is 29.4 Å². The molecule has 0 saturated heterocycles. The second kappa shape index (κ2) is 8.53. The Kier molecular flexibility index (Phi) is 5.90. The van der Waals surface area contributed by atoms with E-state index < -0.39 is 0 Å². The zero-order chi connectivity index (χ0) is 20.1. The van der Waals surface area contributed by atoms with E-state index in [0.29, 0.717) is 33.9 Å². The van der Waals surface area contributed by atoms with E-state index in [9.17, 15) is 4.79 Å². The monoisotopic (exact) mass is 398 g/mol. The molecule has 0 bridgehead atoms. The topological polar surface area (TPSA) is 101 Å². The van der Waals surface area contributed by atoms with Gasteiger partial charge in [-0.1, -0.05) is 11.6 Å². The third-order valence-corrected chi connectivity index (χ3v) is 4.17. The number of aromatic nitrogens is 3. The molecule has 0 aliphatic carbocycles. The van der Waals surface area contributed by atoms with E-state index in [1.807, 2.05) is 25.1 Å². The van der Waals surface area contributed by atoms with Crippen LogP contribution in [0.25, 0.3) is 0 Å². The molecule has 9 heteroatoms. The van der Waals surface area contributed by atoms with E-state index in [4.69, 9.17) is 16.3 Å². The number of nitrogens with zero attached hydrogens (tertiary/aromatic N) is 3. The number of benzene rings is 2. The van der Waals surface area contributed by atoms with Crippen LogP contribution in [-0.2, 0) is 4.79 Å². The number of carbonyl (C=O) groups excluding carboxylic acids is 1. The fraction of sp³-hybridized carbons (Fsp3) is 0.158. The first-order valence-electron chi connectivity index (χ1n) is 8.40. The Morgan fingerprint density at radius 3 is 2.50 bits per heavy atom. The highest BCUT2D eigenvalue weighted by Crippen LogP contribution is 2.32. The third-order valence-electron chi connectivity index (χ3n) is 3.76. The average molecular weight is 399 g/mol. The van der Waals surface area contributed by atoms with Crippen LogP contribution in [0.15, 0.2) is 42.6 Å². The van der Waals surface area contributed by atoms with Gasteiger partial charge in [-0.15, -0.1) is 5.10 Å². The number of anilines is 5. The maximum atomic E-state index is 11.1. The van der Waals surface area contributed by atoms with Crippen LogP contribution < -0.4 is 20.7 Å². The molecular formula is C19H19ClN6O2. The van der Waals surface area contributed by atoms with E-state index in [2.05, 4.69) is 31.1 Å². The average Bonchev–Trinajstić information content (AvgIpc) is 2.66. The van der Waals surface area contributed by atoms with E-state index >= 15 is 0 Å². The Bertz CT molecular complexity index is 994. The maximum absolute atomic E-state index is 11.1. The van der Waals surface area contributed by atoms with Gasteiger partial charge in [-0.05, 0) is 42.8 Å². The first kappa shape index (κ1) is 19.4. The summed E-state index contributed by atoms with van der Waals surface area (Å²) >= 11 is 6.14. The quantitative estimate of drug-likeness (QED) is 0.569. The van der Waals surface area contributed by atoms with Gasteiger partial charge < -0.3 is 20.7 Å². The molecule has 0 radical (unpaired) electrons. The van der Waals surface area contributed by atoms with Crippen LogP contribution in [0, 0.1) is 6.92 Å². The number of aryl methyl sites for hydroxylation is 1. The minimum atomic E-state index is -0.121. The fourth-order valence-corrected chi connectivity index (χ4v) is 2.61. The van der Waals surface area contributed by atoms with Gasteiger partial charge in [0.1, 0.15) is 5.75 Å². The van der Waals surface area contributed by atoms with Crippen LogP contribution in [0.5, 0.6) is 5.75 Å². The Balaban J connectivity index is 1.76. The number of halogens is 1. The van der Waals surface area contributed by atoms with Crippen molar-refractivity contribution in [2.75, 3.05) is 23.1 Å². The Labute approximate surface area is 167 Å². The number of hydrogen-bond acceptors (Lipinski definition) is 7. The molecule has 0 unspecified atom stereocenters. The number of amides is 1. The molecule has 3 N–H and O–H groups in total.